The maximum absolute atomic E-state index is 13.3. The van der Waals surface area contributed by atoms with E-state index >= 15 is 0 Å². The molecule has 0 radical (unpaired) electrons. The minimum atomic E-state index is -0.0309. The van der Waals surface area contributed by atoms with E-state index in [9.17, 15) is 4.79 Å². The second-order valence-corrected chi connectivity index (χ2v) is 7.54. The van der Waals surface area contributed by atoms with Crippen LogP contribution in [-0.4, -0.2) is 17.5 Å². The van der Waals surface area contributed by atoms with Crippen molar-refractivity contribution in [1.29, 1.82) is 0 Å². The normalized spacial score (nSPS) is 18.6. The van der Waals surface area contributed by atoms with Crippen LogP contribution in [0.3, 0.4) is 0 Å². The largest absolute Gasteiger partial charge is 0.493 e. The minimum Gasteiger partial charge on any atom is -0.493 e. The standard InChI is InChI=1S/C23H22N2O2/c1-14-5-4-7-16-18(13-20(15-9-10-15)24-22(14)16)23(26)25-19-11-12-27-21-8-3-2-6-17(19)21/h2-8,13,15,19H,9-12H2,1H3,(H,25,26)/t19-/m1/s1. The van der Waals surface area contributed by atoms with Crippen LogP contribution in [-0.2, 0) is 0 Å². The molecule has 4 heteroatoms. The molecule has 5 rings (SSSR count). The number of hydrogen-bond donors (Lipinski definition) is 1. The topological polar surface area (TPSA) is 51.2 Å². The monoisotopic (exact) mass is 358 g/mol. The van der Waals surface area contributed by atoms with Gasteiger partial charge < -0.3 is 10.1 Å². The fraction of sp³-hybridized carbons (Fsp3) is 0.304. The molecule has 1 saturated carbocycles. The molecule has 1 atom stereocenters. The average molecular weight is 358 g/mol. The van der Waals surface area contributed by atoms with E-state index in [0.29, 0.717) is 12.5 Å². The molecule has 1 aromatic heterocycles. The van der Waals surface area contributed by atoms with Crippen molar-refractivity contribution in [1.82, 2.24) is 10.3 Å². The lowest BCUT2D eigenvalue weighted by molar-refractivity contribution is 0.0926. The van der Waals surface area contributed by atoms with Gasteiger partial charge in [-0.25, -0.2) is 0 Å². The summed E-state index contributed by atoms with van der Waals surface area (Å²) in [5.41, 5.74) is 4.89. The van der Waals surface area contributed by atoms with E-state index in [0.717, 1.165) is 45.5 Å². The van der Waals surface area contributed by atoms with Crippen LogP contribution in [0.25, 0.3) is 10.9 Å². The number of nitrogens with one attached hydrogen (secondary N) is 1. The first-order valence-corrected chi connectivity index (χ1v) is 9.63. The lowest BCUT2D eigenvalue weighted by Crippen LogP contribution is -2.32. The van der Waals surface area contributed by atoms with Gasteiger partial charge in [-0.2, -0.15) is 0 Å². The number of rotatable bonds is 3. The number of pyridine rings is 1. The number of amides is 1. The molecule has 0 spiro atoms. The van der Waals surface area contributed by atoms with Crippen LogP contribution in [0.4, 0.5) is 0 Å². The van der Waals surface area contributed by atoms with Gasteiger partial charge in [0.2, 0.25) is 0 Å². The van der Waals surface area contributed by atoms with Gasteiger partial charge in [-0.05, 0) is 37.5 Å². The molecule has 0 saturated heterocycles. The molecule has 4 nitrogen and oxygen atoms in total. The van der Waals surface area contributed by atoms with Crippen molar-refractivity contribution in [3.05, 3.63) is 70.9 Å². The average Bonchev–Trinajstić information content (AvgIpc) is 3.53. The molecule has 2 aromatic carbocycles. The van der Waals surface area contributed by atoms with Crippen LogP contribution in [0.15, 0.2) is 48.5 Å². The summed E-state index contributed by atoms with van der Waals surface area (Å²) in [6, 6.07) is 16.0. The van der Waals surface area contributed by atoms with Crippen LogP contribution in [0.5, 0.6) is 5.75 Å². The number of ether oxygens (including phenoxy) is 1. The SMILES string of the molecule is Cc1cccc2c(C(=O)N[C@@H]3CCOc4ccccc43)cc(C3CC3)nc12. The van der Waals surface area contributed by atoms with Crippen LogP contribution in [0, 0.1) is 6.92 Å². The molecule has 1 N–H and O–H groups in total. The zero-order chi connectivity index (χ0) is 18.4. The van der Waals surface area contributed by atoms with Crippen molar-refractivity contribution < 1.29 is 9.53 Å². The Hall–Kier alpha value is -2.88. The Morgan fingerprint density at radius 1 is 1.11 bits per heavy atom. The molecular weight excluding hydrogens is 336 g/mol. The Morgan fingerprint density at radius 3 is 2.81 bits per heavy atom. The molecule has 1 fully saturated rings. The van der Waals surface area contributed by atoms with Gasteiger partial charge in [0.15, 0.2) is 0 Å². The Morgan fingerprint density at radius 2 is 1.96 bits per heavy atom. The third kappa shape index (κ3) is 2.95. The van der Waals surface area contributed by atoms with Crippen LogP contribution >= 0.6 is 0 Å². The molecule has 2 aliphatic rings. The molecule has 0 unspecified atom stereocenters. The number of benzene rings is 2. The summed E-state index contributed by atoms with van der Waals surface area (Å²) in [5.74, 6) is 1.34. The van der Waals surface area contributed by atoms with Crippen molar-refractivity contribution >= 4 is 16.8 Å². The summed E-state index contributed by atoms with van der Waals surface area (Å²) in [6.45, 7) is 2.67. The van der Waals surface area contributed by atoms with Gasteiger partial charge in [0, 0.05) is 29.0 Å². The predicted molar refractivity (Wildman–Crippen MR) is 105 cm³/mol. The number of carbonyl (C=O) groups excluding carboxylic acids is 1. The van der Waals surface area contributed by atoms with E-state index in [-0.39, 0.29) is 11.9 Å². The van der Waals surface area contributed by atoms with Gasteiger partial charge in [-0.15, -0.1) is 0 Å². The molecular formula is C23H22N2O2. The summed E-state index contributed by atoms with van der Waals surface area (Å²) >= 11 is 0. The van der Waals surface area contributed by atoms with Crippen molar-refractivity contribution in [2.75, 3.05) is 6.61 Å². The van der Waals surface area contributed by atoms with Crippen LogP contribution in [0.1, 0.15) is 58.4 Å². The first-order valence-electron chi connectivity index (χ1n) is 9.63. The molecule has 136 valence electrons. The number of fused-ring (bicyclic) bond motifs is 2. The molecule has 2 heterocycles. The number of aryl methyl sites for hydroxylation is 1. The third-order valence-corrected chi connectivity index (χ3v) is 5.57. The number of aromatic nitrogens is 1. The molecule has 1 aliphatic heterocycles. The fourth-order valence-electron chi connectivity index (χ4n) is 3.92. The maximum atomic E-state index is 13.3. The zero-order valence-corrected chi connectivity index (χ0v) is 15.4. The van der Waals surface area contributed by atoms with E-state index < -0.39 is 0 Å². The van der Waals surface area contributed by atoms with Crippen molar-refractivity contribution in [2.45, 2.75) is 38.1 Å². The highest BCUT2D eigenvalue weighted by atomic mass is 16.5. The Bertz CT molecular complexity index is 1040. The number of nitrogens with zero attached hydrogens (tertiary/aromatic N) is 1. The number of para-hydroxylation sites is 2. The first-order chi connectivity index (χ1) is 13.2. The van der Waals surface area contributed by atoms with Crippen molar-refractivity contribution in [2.24, 2.45) is 0 Å². The molecule has 0 bridgehead atoms. The Balaban J connectivity index is 1.54. The van der Waals surface area contributed by atoms with E-state index in [1.54, 1.807) is 0 Å². The highest BCUT2D eigenvalue weighted by Crippen LogP contribution is 2.40. The molecule has 27 heavy (non-hydrogen) atoms. The Labute approximate surface area is 158 Å². The summed E-state index contributed by atoms with van der Waals surface area (Å²) in [5, 5.41) is 4.17. The van der Waals surface area contributed by atoms with Crippen LogP contribution < -0.4 is 10.1 Å². The quantitative estimate of drug-likeness (QED) is 0.740. The maximum Gasteiger partial charge on any atom is 0.252 e. The zero-order valence-electron chi connectivity index (χ0n) is 15.4. The lowest BCUT2D eigenvalue weighted by atomic mass is 9.98. The predicted octanol–water partition coefficient (Wildman–Crippen LogP) is 4.67. The summed E-state index contributed by atoms with van der Waals surface area (Å²) in [6.07, 6.45) is 3.11. The highest BCUT2D eigenvalue weighted by molar-refractivity contribution is 6.07. The third-order valence-electron chi connectivity index (χ3n) is 5.57. The van der Waals surface area contributed by atoms with Gasteiger partial charge in [-0.3, -0.25) is 9.78 Å². The summed E-state index contributed by atoms with van der Waals surface area (Å²) in [4.78, 5) is 18.1. The first kappa shape index (κ1) is 16.3. The van der Waals surface area contributed by atoms with Crippen molar-refractivity contribution in [3.8, 4) is 5.75 Å². The highest BCUT2D eigenvalue weighted by Gasteiger charge is 2.28. The summed E-state index contributed by atoms with van der Waals surface area (Å²) < 4.78 is 5.72. The van der Waals surface area contributed by atoms with E-state index in [4.69, 9.17) is 9.72 Å². The second kappa shape index (κ2) is 6.38. The van der Waals surface area contributed by atoms with Gasteiger partial charge in [0.25, 0.3) is 5.91 Å². The minimum absolute atomic E-state index is 0.0279. The number of hydrogen-bond acceptors (Lipinski definition) is 3. The smallest absolute Gasteiger partial charge is 0.252 e. The van der Waals surface area contributed by atoms with Gasteiger partial charge in [-0.1, -0.05) is 36.4 Å². The molecule has 1 aliphatic carbocycles. The van der Waals surface area contributed by atoms with Gasteiger partial charge in [0.05, 0.1) is 23.7 Å². The van der Waals surface area contributed by atoms with Crippen LogP contribution in [0.2, 0.25) is 0 Å². The van der Waals surface area contributed by atoms with Crippen molar-refractivity contribution in [3.63, 3.8) is 0 Å². The van der Waals surface area contributed by atoms with Gasteiger partial charge in [0.1, 0.15) is 5.75 Å². The van der Waals surface area contributed by atoms with E-state index in [1.807, 2.05) is 42.5 Å². The van der Waals surface area contributed by atoms with E-state index in [1.165, 1.54) is 12.8 Å². The molecule has 1 amide bonds. The second-order valence-electron chi connectivity index (χ2n) is 7.54. The molecule has 3 aromatic rings. The Kier molecular flexibility index (Phi) is 3.85. The van der Waals surface area contributed by atoms with Gasteiger partial charge >= 0.3 is 0 Å². The summed E-state index contributed by atoms with van der Waals surface area (Å²) in [7, 11) is 0. The number of carbonyl (C=O) groups is 1. The lowest BCUT2D eigenvalue weighted by Gasteiger charge is -2.27. The van der Waals surface area contributed by atoms with E-state index in [2.05, 4.69) is 18.3 Å². The fourth-order valence-corrected chi connectivity index (χ4v) is 3.92.